The number of aryl methyl sites for hydroxylation is 1. The van der Waals surface area contributed by atoms with Crippen LogP contribution in [-0.4, -0.2) is 24.1 Å². The molecule has 0 aliphatic carbocycles. The molecule has 1 fully saturated rings. The van der Waals surface area contributed by atoms with E-state index in [1.54, 1.807) is 0 Å². The molecule has 0 bridgehead atoms. The van der Waals surface area contributed by atoms with Crippen LogP contribution < -0.4 is 10.6 Å². The average Bonchev–Trinajstić information content (AvgIpc) is 2.22. The third kappa shape index (κ3) is 2.63. The summed E-state index contributed by atoms with van der Waals surface area (Å²) in [5.74, 6) is 1.09. The summed E-state index contributed by atoms with van der Waals surface area (Å²) in [5, 5.41) is 0. The summed E-state index contributed by atoms with van der Waals surface area (Å²) in [6.45, 7) is 8.55. The highest BCUT2D eigenvalue weighted by atomic mass is 79.9. The average molecular weight is 298 g/mol. The number of hydrogen-bond donors (Lipinski definition) is 1. The predicted octanol–water partition coefficient (Wildman–Crippen LogP) is 2.72. The van der Waals surface area contributed by atoms with Gasteiger partial charge in [-0.05, 0) is 46.3 Å². The Labute approximate surface area is 112 Å². The van der Waals surface area contributed by atoms with E-state index < -0.39 is 0 Å². The highest BCUT2D eigenvalue weighted by Gasteiger charge is 2.34. The van der Waals surface area contributed by atoms with Gasteiger partial charge in [-0.2, -0.15) is 0 Å². The van der Waals surface area contributed by atoms with Gasteiger partial charge in [0.05, 0.1) is 0 Å². The van der Waals surface area contributed by atoms with Gasteiger partial charge in [0, 0.05) is 29.8 Å². The number of anilines is 1. The van der Waals surface area contributed by atoms with Gasteiger partial charge in [0.15, 0.2) is 0 Å². The molecule has 17 heavy (non-hydrogen) atoms. The third-order valence-corrected chi connectivity index (χ3v) is 4.06. The molecule has 1 aromatic rings. The molecule has 2 heterocycles. The van der Waals surface area contributed by atoms with Crippen LogP contribution in [0.15, 0.2) is 16.7 Å². The Bertz CT molecular complexity index is 417. The number of piperidine rings is 1. The van der Waals surface area contributed by atoms with Gasteiger partial charge in [0.25, 0.3) is 0 Å². The van der Waals surface area contributed by atoms with E-state index in [4.69, 9.17) is 5.73 Å². The SMILES string of the molecule is Cc1cc(Br)cnc1N1CCC(N)C(C)(C)C1. The van der Waals surface area contributed by atoms with Crippen molar-refractivity contribution in [3.8, 4) is 0 Å². The Hall–Kier alpha value is -0.610. The fourth-order valence-electron chi connectivity index (χ4n) is 2.42. The molecule has 1 aliphatic heterocycles. The number of rotatable bonds is 1. The first-order chi connectivity index (χ1) is 7.90. The number of nitrogens with zero attached hydrogens (tertiary/aromatic N) is 2. The minimum atomic E-state index is 0.152. The monoisotopic (exact) mass is 297 g/mol. The summed E-state index contributed by atoms with van der Waals surface area (Å²) < 4.78 is 1.03. The molecule has 1 unspecified atom stereocenters. The summed E-state index contributed by atoms with van der Waals surface area (Å²) in [5.41, 5.74) is 7.53. The van der Waals surface area contributed by atoms with Gasteiger partial charge in [0.2, 0.25) is 0 Å². The lowest BCUT2D eigenvalue weighted by molar-refractivity contribution is 0.244. The standard InChI is InChI=1S/C13H20BrN3/c1-9-6-10(14)7-16-12(9)17-5-4-11(15)13(2,3)8-17/h6-7,11H,4-5,8,15H2,1-3H3. The fraction of sp³-hybridized carbons (Fsp3) is 0.615. The highest BCUT2D eigenvalue weighted by Crippen LogP contribution is 2.31. The smallest absolute Gasteiger partial charge is 0.131 e. The lowest BCUT2D eigenvalue weighted by atomic mass is 9.79. The van der Waals surface area contributed by atoms with Crippen molar-refractivity contribution in [2.45, 2.75) is 33.2 Å². The van der Waals surface area contributed by atoms with Gasteiger partial charge in [-0.25, -0.2) is 4.98 Å². The van der Waals surface area contributed by atoms with Gasteiger partial charge in [-0.3, -0.25) is 0 Å². The molecule has 2 N–H and O–H groups in total. The number of halogens is 1. The molecule has 0 aromatic carbocycles. The molecule has 1 aliphatic rings. The molecule has 94 valence electrons. The zero-order chi connectivity index (χ0) is 12.6. The van der Waals surface area contributed by atoms with Crippen molar-refractivity contribution in [1.29, 1.82) is 0 Å². The first kappa shape index (κ1) is 12.8. The van der Waals surface area contributed by atoms with E-state index in [0.29, 0.717) is 0 Å². The molecule has 0 radical (unpaired) electrons. The van der Waals surface area contributed by atoms with Gasteiger partial charge in [0.1, 0.15) is 5.82 Å². The van der Waals surface area contributed by atoms with Gasteiger partial charge >= 0.3 is 0 Å². The molecule has 4 heteroatoms. The minimum absolute atomic E-state index is 0.152. The van der Waals surface area contributed by atoms with Gasteiger partial charge in [-0.15, -0.1) is 0 Å². The quantitative estimate of drug-likeness (QED) is 0.867. The molecule has 0 saturated carbocycles. The molecule has 0 spiro atoms. The second-order valence-corrected chi connectivity index (χ2v) is 6.52. The van der Waals surface area contributed by atoms with Crippen molar-refractivity contribution < 1.29 is 0 Å². The zero-order valence-corrected chi connectivity index (χ0v) is 12.3. The number of pyridine rings is 1. The molecular weight excluding hydrogens is 278 g/mol. The third-order valence-electron chi connectivity index (χ3n) is 3.63. The normalized spacial score (nSPS) is 23.8. The van der Waals surface area contributed by atoms with Crippen molar-refractivity contribution in [3.63, 3.8) is 0 Å². The summed E-state index contributed by atoms with van der Waals surface area (Å²) in [6, 6.07) is 2.40. The Morgan fingerprint density at radius 2 is 2.24 bits per heavy atom. The van der Waals surface area contributed by atoms with Crippen LogP contribution in [0.25, 0.3) is 0 Å². The topological polar surface area (TPSA) is 42.2 Å². The van der Waals surface area contributed by atoms with E-state index in [-0.39, 0.29) is 11.5 Å². The number of aromatic nitrogens is 1. The summed E-state index contributed by atoms with van der Waals surface area (Å²) >= 11 is 3.45. The van der Waals surface area contributed by atoms with Crippen LogP contribution in [-0.2, 0) is 0 Å². The van der Waals surface area contributed by atoms with Gasteiger partial charge < -0.3 is 10.6 Å². The number of nitrogens with two attached hydrogens (primary N) is 1. The molecule has 2 rings (SSSR count). The largest absolute Gasteiger partial charge is 0.356 e. The van der Waals surface area contributed by atoms with Crippen LogP contribution in [0.4, 0.5) is 5.82 Å². The maximum absolute atomic E-state index is 6.16. The van der Waals surface area contributed by atoms with E-state index in [1.165, 1.54) is 5.56 Å². The minimum Gasteiger partial charge on any atom is -0.356 e. The van der Waals surface area contributed by atoms with Gasteiger partial charge in [-0.1, -0.05) is 13.8 Å². The van der Waals surface area contributed by atoms with E-state index >= 15 is 0 Å². The van der Waals surface area contributed by atoms with Crippen molar-refractivity contribution in [2.75, 3.05) is 18.0 Å². The van der Waals surface area contributed by atoms with Crippen LogP contribution in [0, 0.1) is 12.3 Å². The van der Waals surface area contributed by atoms with Crippen LogP contribution in [0.3, 0.4) is 0 Å². The lowest BCUT2D eigenvalue weighted by Gasteiger charge is -2.43. The van der Waals surface area contributed by atoms with Crippen molar-refractivity contribution in [2.24, 2.45) is 11.1 Å². The fourth-order valence-corrected chi connectivity index (χ4v) is 2.86. The second-order valence-electron chi connectivity index (χ2n) is 5.60. The summed E-state index contributed by atoms with van der Waals surface area (Å²) in [4.78, 5) is 6.88. The van der Waals surface area contributed by atoms with E-state index in [9.17, 15) is 0 Å². The van der Waals surface area contributed by atoms with Crippen molar-refractivity contribution in [3.05, 3.63) is 22.3 Å². The van der Waals surface area contributed by atoms with Crippen LogP contribution in [0.5, 0.6) is 0 Å². The molecular formula is C13H20BrN3. The first-order valence-corrected chi connectivity index (χ1v) is 6.82. The molecule has 1 atom stereocenters. The Morgan fingerprint density at radius 3 is 2.82 bits per heavy atom. The molecule has 1 aromatic heterocycles. The van der Waals surface area contributed by atoms with Crippen LogP contribution >= 0.6 is 15.9 Å². The maximum atomic E-state index is 6.16. The van der Waals surface area contributed by atoms with Crippen LogP contribution in [0.2, 0.25) is 0 Å². The van der Waals surface area contributed by atoms with Crippen molar-refractivity contribution >= 4 is 21.7 Å². The maximum Gasteiger partial charge on any atom is 0.131 e. The summed E-state index contributed by atoms with van der Waals surface area (Å²) in [6.07, 6.45) is 2.90. The lowest BCUT2D eigenvalue weighted by Crippen LogP contribution is -2.52. The predicted molar refractivity (Wildman–Crippen MR) is 75.3 cm³/mol. The Balaban J connectivity index is 2.24. The second kappa shape index (κ2) is 4.58. The molecule has 3 nitrogen and oxygen atoms in total. The molecule has 0 amide bonds. The highest BCUT2D eigenvalue weighted by molar-refractivity contribution is 9.10. The molecule has 1 saturated heterocycles. The Morgan fingerprint density at radius 1 is 1.53 bits per heavy atom. The van der Waals surface area contributed by atoms with Crippen molar-refractivity contribution in [1.82, 2.24) is 4.98 Å². The van der Waals surface area contributed by atoms with Crippen LogP contribution in [0.1, 0.15) is 25.8 Å². The zero-order valence-electron chi connectivity index (χ0n) is 10.7. The first-order valence-electron chi connectivity index (χ1n) is 6.03. The Kier molecular flexibility index (Phi) is 3.46. The van der Waals surface area contributed by atoms with E-state index in [2.05, 4.69) is 52.7 Å². The van der Waals surface area contributed by atoms with E-state index in [1.807, 2.05) is 6.20 Å². The number of hydrogen-bond acceptors (Lipinski definition) is 3. The summed E-state index contributed by atoms with van der Waals surface area (Å²) in [7, 11) is 0. The van der Waals surface area contributed by atoms with E-state index in [0.717, 1.165) is 29.8 Å².